The zero-order chi connectivity index (χ0) is 12.7. The molecule has 0 aromatic heterocycles. The average molecular weight is 258 g/mol. The Kier molecular flexibility index (Phi) is 5.35. The lowest BCUT2D eigenvalue weighted by Crippen LogP contribution is -2.34. The Bertz CT molecular complexity index is 338. The number of aliphatic imine (C=N–C) groups is 1. The molecular formula is C12H16ClNO3. The Morgan fingerprint density at radius 3 is 2.59 bits per heavy atom. The minimum Gasteiger partial charge on any atom is -0.481 e. The first-order valence-corrected chi connectivity index (χ1v) is 6.18. The first-order chi connectivity index (χ1) is 8.10. The van der Waals surface area contributed by atoms with Crippen molar-refractivity contribution < 1.29 is 14.7 Å². The molecule has 1 heterocycles. The molecule has 1 rings (SSSR count). The van der Waals surface area contributed by atoms with Crippen LogP contribution in [-0.2, 0) is 9.59 Å². The number of allylic oxidation sites excluding steroid dienone is 1. The number of ketones is 1. The fourth-order valence-electron chi connectivity index (χ4n) is 1.84. The summed E-state index contributed by atoms with van der Waals surface area (Å²) in [5.74, 6) is -0.922. The van der Waals surface area contributed by atoms with Crippen molar-refractivity contribution >= 4 is 29.6 Å². The summed E-state index contributed by atoms with van der Waals surface area (Å²) < 4.78 is 0. The number of carbonyl (C=O) groups excluding carboxylic acids is 1. The van der Waals surface area contributed by atoms with E-state index in [0.717, 1.165) is 12.8 Å². The molecule has 1 aliphatic rings. The van der Waals surface area contributed by atoms with Crippen molar-refractivity contribution in [3.8, 4) is 0 Å². The number of hydrogen-bond acceptors (Lipinski definition) is 3. The molecule has 17 heavy (non-hydrogen) atoms. The predicted octanol–water partition coefficient (Wildman–Crippen LogP) is 2.21. The van der Waals surface area contributed by atoms with Gasteiger partial charge < -0.3 is 5.11 Å². The van der Waals surface area contributed by atoms with E-state index in [2.05, 4.69) is 4.99 Å². The summed E-state index contributed by atoms with van der Waals surface area (Å²) in [4.78, 5) is 26.2. The van der Waals surface area contributed by atoms with Gasteiger partial charge in [-0.05, 0) is 25.0 Å². The highest BCUT2D eigenvalue weighted by Crippen LogP contribution is 2.26. The molecule has 0 aromatic rings. The van der Waals surface area contributed by atoms with E-state index in [1.807, 2.05) is 0 Å². The Morgan fingerprint density at radius 2 is 2.06 bits per heavy atom. The Balaban J connectivity index is 2.37. The van der Waals surface area contributed by atoms with Gasteiger partial charge in [-0.1, -0.05) is 12.8 Å². The molecule has 1 atom stereocenters. The molecule has 0 bridgehead atoms. The van der Waals surface area contributed by atoms with Crippen molar-refractivity contribution in [2.75, 3.05) is 5.88 Å². The summed E-state index contributed by atoms with van der Waals surface area (Å²) in [6, 6.07) is 0. The van der Waals surface area contributed by atoms with E-state index in [9.17, 15) is 9.59 Å². The van der Waals surface area contributed by atoms with E-state index in [0.29, 0.717) is 12.8 Å². The van der Waals surface area contributed by atoms with Crippen LogP contribution < -0.4 is 0 Å². The summed E-state index contributed by atoms with van der Waals surface area (Å²) in [6.45, 7) is 0. The normalized spacial score (nSPS) is 21.9. The highest BCUT2D eigenvalue weighted by Gasteiger charge is 2.34. The molecule has 0 fully saturated rings. The third-order valence-corrected chi connectivity index (χ3v) is 3.06. The zero-order valence-corrected chi connectivity index (χ0v) is 10.3. The number of aliphatic carboxylic acids is 1. The monoisotopic (exact) mass is 257 g/mol. The number of rotatable bonds is 8. The van der Waals surface area contributed by atoms with Crippen molar-refractivity contribution in [3.05, 3.63) is 12.2 Å². The molecule has 1 unspecified atom stereocenters. The van der Waals surface area contributed by atoms with Crippen molar-refractivity contribution in [2.45, 2.75) is 37.6 Å². The van der Waals surface area contributed by atoms with Crippen LogP contribution in [0.1, 0.15) is 32.1 Å². The third kappa shape index (κ3) is 3.97. The lowest BCUT2D eigenvalue weighted by Gasteiger charge is -2.21. The molecule has 0 aromatic carbocycles. The highest BCUT2D eigenvalue weighted by molar-refractivity contribution is 6.29. The number of alkyl halides is 1. The van der Waals surface area contributed by atoms with Gasteiger partial charge in [0, 0.05) is 12.6 Å². The Labute approximate surface area is 105 Å². The average Bonchev–Trinajstić information content (AvgIpc) is 2.77. The summed E-state index contributed by atoms with van der Waals surface area (Å²) in [5, 5.41) is 8.50. The fraction of sp³-hybridized carbons (Fsp3) is 0.583. The maximum atomic E-state index is 11.7. The number of carboxylic acids is 1. The number of carboxylic acid groups (broad SMARTS) is 1. The second-order valence-electron chi connectivity index (χ2n) is 4.07. The molecule has 0 amide bonds. The van der Waals surface area contributed by atoms with Crippen LogP contribution in [0.3, 0.4) is 0 Å². The van der Waals surface area contributed by atoms with E-state index in [4.69, 9.17) is 16.7 Å². The van der Waals surface area contributed by atoms with Gasteiger partial charge >= 0.3 is 5.97 Å². The van der Waals surface area contributed by atoms with Crippen molar-refractivity contribution in [2.24, 2.45) is 4.99 Å². The van der Waals surface area contributed by atoms with E-state index in [1.165, 1.54) is 0 Å². The molecule has 0 spiro atoms. The third-order valence-electron chi connectivity index (χ3n) is 2.82. The van der Waals surface area contributed by atoms with Gasteiger partial charge in [-0.25, -0.2) is 0 Å². The molecule has 1 N–H and O–H groups in total. The molecule has 4 nitrogen and oxygen atoms in total. The van der Waals surface area contributed by atoms with Crippen LogP contribution in [0.4, 0.5) is 0 Å². The van der Waals surface area contributed by atoms with E-state index >= 15 is 0 Å². The summed E-state index contributed by atoms with van der Waals surface area (Å²) in [7, 11) is 0. The molecule has 0 saturated carbocycles. The zero-order valence-electron chi connectivity index (χ0n) is 9.56. The van der Waals surface area contributed by atoms with Gasteiger partial charge in [0.1, 0.15) is 5.54 Å². The van der Waals surface area contributed by atoms with Gasteiger partial charge in [0.15, 0.2) is 5.78 Å². The van der Waals surface area contributed by atoms with Gasteiger partial charge in [0.2, 0.25) is 0 Å². The van der Waals surface area contributed by atoms with Crippen molar-refractivity contribution in [1.82, 2.24) is 0 Å². The van der Waals surface area contributed by atoms with Gasteiger partial charge in [-0.3, -0.25) is 14.6 Å². The molecule has 0 saturated heterocycles. The van der Waals surface area contributed by atoms with E-state index in [1.54, 1.807) is 18.4 Å². The smallest absolute Gasteiger partial charge is 0.303 e. The van der Waals surface area contributed by atoms with Crippen LogP contribution >= 0.6 is 11.6 Å². The van der Waals surface area contributed by atoms with Gasteiger partial charge in [0.25, 0.3) is 0 Å². The SMILES string of the molecule is O=C(O)CCCCCC1(C(=O)CCl)C=CC=N1. The number of carbonyl (C=O) groups is 2. The maximum Gasteiger partial charge on any atom is 0.303 e. The van der Waals surface area contributed by atoms with Crippen LogP contribution in [0.5, 0.6) is 0 Å². The topological polar surface area (TPSA) is 66.7 Å². The summed E-state index contributed by atoms with van der Waals surface area (Å²) in [5.41, 5.74) is -0.787. The minimum atomic E-state index is -0.787. The summed E-state index contributed by atoms with van der Waals surface area (Å²) >= 11 is 5.57. The van der Waals surface area contributed by atoms with Gasteiger partial charge in [-0.15, -0.1) is 11.6 Å². The number of Topliss-reactive ketones (excluding diaryl/α,β-unsaturated/α-hetero) is 1. The molecular weight excluding hydrogens is 242 g/mol. The van der Waals surface area contributed by atoms with Crippen LogP contribution in [0.2, 0.25) is 0 Å². The maximum absolute atomic E-state index is 11.7. The van der Waals surface area contributed by atoms with Crippen LogP contribution in [0.25, 0.3) is 0 Å². The molecule has 0 radical (unpaired) electrons. The minimum absolute atomic E-state index is 0.0448. The predicted molar refractivity (Wildman–Crippen MR) is 66.8 cm³/mol. The lowest BCUT2D eigenvalue weighted by molar-refractivity contribution is -0.137. The molecule has 94 valence electrons. The molecule has 1 aliphatic heterocycles. The second-order valence-corrected chi connectivity index (χ2v) is 4.34. The first kappa shape index (κ1) is 13.9. The van der Waals surface area contributed by atoms with Crippen LogP contribution in [0.15, 0.2) is 17.1 Å². The summed E-state index contributed by atoms with van der Waals surface area (Å²) in [6.07, 6.45) is 8.11. The first-order valence-electron chi connectivity index (χ1n) is 5.65. The fourth-order valence-corrected chi connectivity index (χ4v) is 2.07. The second kappa shape index (κ2) is 6.55. The quantitative estimate of drug-likeness (QED) is 0.535. The number of hydrogen-bond donors (Lipinski definition) is 1. The molecule has 0 aliphatic carbocycles. The van der Waals surface area contributed by atoms with Crippen LogP contribution in [-0.4, -0.2) is 34.5 Å². The lowest BCUT2D eigenvalue weighted by atomic mass is 9.89. The Hall–Kier alpha value is -1.16. The van der Waals surface area contributed by atoms with Crippen molar-refractivity contribution in [3.63, 3.8) is 0 Å². The van der Waals surface area contributed by atoms with E-state index in [-0.39, 0.29) is 18.1 Å². The number of halogens is 1. The largest absolute Gasteiger partial charge is 0.481 e. The Morgan fingerprint density at radius 1 is 1.29 bits per heavy atom. The number of nitrogens with zero attached hydrogens (tertiary/aromatic N) is 1. The van der Waals surface area contributed by atoms with Gasteiger partial charge in [0.05, 0.1) is 5.88 Å². The number of unbranched alkanes of at least 4 members (excludes halogenated alkanes) is 2. The van der Waals surface area contributed by atoms with E-state index < -0.39 is 11.5 Å². The molecule has 5 heteroatoms. The van der Waals surface area contributed by atoms with Crippen molar-refractivity contribution in [1.29, 1.82) is 0 Å². The highest BCUT2D eigenvalue weighted by atomic mass is 35.5. The standard InChI is InChI=1S/C12H16ClNO3/c13-9-10(15)12(7-4-8-14-12)6-3-1-2-5-11(16)17/h4,7-8H,1-3,5-6,9H2,(H,16,17). The van der Waals surface area contributed by atoms with Crippen LogP contribution in [0, 0.1) is 0 Å². The van der Waals surface area contributed by atoms with Gasteiger partial charge in [-0.2, -0.15) is 0 Å².